The van der Waals surface area contributed by atoms with Crippen LogP contribution in [0.4, 0.5) is 0 Å². The highest BCUT2D eigenvalue weighted by atomic mass is 16.3. The molecule has 1 heterocycles. The van der Waals surface area contributed by atoms with Crippen LogP contribution in [-0.2, 0) is 5.54 Å². The highest BCUT2D eigenvalue weighted by molar-refractivity contribution is 5.69. The predicted octanol–water partition coefficient (Wildman–Crippen LogP) is 4.28. The Morgan fingerprint density at radius 3 is 2.28 bits per heavy atom. The minimum atomic E-state index is -0.225. The van der Waals surface area contributed by atoms with E-state index in [-0.39, 0.29) is 17.0 Å². The average molecular weight is 335 g/mol. The summed E-state index contributed by atoms with van der Waals surface area (Å²) in [5.41, 5.74) is 1.50. The first-order valence-electron chi connectivity index (χ1n) is 8.07. The lowest BCUT2D eigenvalue weighted by Crippen LogP contribution is -2.24. The molecule has 0 bridgehead atoms. The van der Waals surface area contributed by atoms with Crippen LogP contribution in [0.1, 0.15) is 32.2 Å². The molecule has 0 unspecified atom stereocenters. The Balaban J connectivity index is 2.00. The molecule has 2 N–H and O–H groups in total. The maximum Gasteiger partial charge on any atom is 0.181 e. The number of phenols is 2. The van der Waals surface area contributed by atoms with Crippen LogP contribution in [0.2, 0.25) is 0 Å². The molecule has 0 fully saturated rings. The van der Waals surface area contributed by atoms with E-state index in [4.69, 9.17) is 0 Å². The van der Waals surface area contributed by atoms with Gasteiger partial charge in [0.15, 0.2) is 23.1 Å². The second kappa shape index (κ2) is 6.43. The fraction of sp³-hybridized carbons (Fsp3) is 0.200. The number of phenolic OH excluding ortho intramolecular Hbond substituents is 2. The highest BCUT2D eigenvalue weighted by Crippen LogP contribution is 2.26. The fourth-order valence-corrected chi connectivity index (χ4v) is 2.45. The second-order valence-electron chi connectivity index (χ2n) is 6.82. The molecule has 0 radical (unpaired) electrons. The Morgan fingerprint density at radius 1 is 0.920 bits per heavy atom. The van der Waals surface area contributed by atoms with Crippen LogP contribution in [0.25, 0.3) is 23.5 Å². The Bertz CT molecular complexity index is 906. The van der Waals surface area contributed by atoms with Gasteiger partial charge in [-0.05, 0) is 44.5 Å². The molecule has 0 atom stereocenters. The maximum absolute atomic E-state index is 9.62. The quantitative estimate of drug-likeness (QED) is 0.701. The minimum Gasteiger partial charge on any atom is -0.504 e. The third kappa shape index (κ3) is 3.71. The van der Waals surface area contributed by atoms with Gasteiger partial charge in [0.25, 0.3) is 0 Å². The summed E-state index contributed by atoms with van der Waals surface area (Å²) in [6.07, 6.45) is 3.69. The van der Waals surface area contributed by atoms with Crippen molar-refractivity contribution in [2.75, 3.05) is 0 Å². The summed E-state index contributed by atoms with van der Waals surface area (Å²) < 4.78 is 1.88. The summed E-state index contributed by atoms with van der Waals surface area (Å²) in [5, 5.41) is 23.7. The van der Waals surface area contributed by atoms with Gasteiger partial charge in [0.2, 0.25) is 0 Å². The molecule has 5 heteroatoms. The molecule has 1 aromatic heterocycles. The van der Waals surface area contributed by atoms with Crippen molar-refractivity contribution in [3.63, 3.8) is 0 Å². The minimum absolute atomic E-state index is 0.138. The van der Waals surface area contributed by atoms with Crippen LogP contribution in [0, 0.1) is 0 Å². The summed E-state index contributed by atoms with van der Waals surface area (Å²) in [4.78, 5) is 4.66. The van der Waals surface area contributed by atoms with Crippen molar-refractivity contribution in [3.8, 4) is 22.9 Å². The van der Waals surface area contributed by atoms with Gasteiger partial charge < -0.3 is 10.2 Å². The zero-order valence-electron chi connectivity index (χ0n) is 14.5. The number of nitrogens with zero attached hydrogens (tertiary/aromatic N) is 3. The standard InChI is InChI=1S/C20H21N3O2/c1-20(2,3)23-18(12-10-14-9-11-16(24)17(25)13-14)21-19(22-23)15-7-5-4-6-8-15/h4-13,24-25H,1-3H3. The first-order valence-corrected chi connectivity index (χ1v) is 8.07. The molecule has 5 nitrogen and oxygen atoms in total. The summed E-state index contributed by atoms with van der Waals surface area (Å²) >= 11 is 0. The van der Waals surface area contributed by atoms with Gasteiger partial charge in [-0.2, -0.15) is 0 Å². The summed E-state index contributed by atoms with van der Waals surface area (Å²) in [6, 6.07) is 14.5. The Hall–Kier alpha value is -3.08. The van der Waals surface area contributed by atoms with Crippen molar-refractivity contribution >= 4 is 12.2 Å². The zero-order valence-corrected chi connectivity index (χ0v) is 14.5. The van der Waals surface area contributed by atoms with E-state index in [0.29, 0.717) is 5.82 Å². The number of hydrogen-bond donors (Lipinski definition) is 2. The molecule has 0 aliphatic rings. The average Bonchev–Trinajstić information content (AvgIpc) is 3.01. The van der Waals surface area contributed by atoms with Gasteiger partial charge in [-0.3, -0.25) is 0 Å². The van der Waals surface area contributed by atoms with Crippen molar-refractivity contribution in [3.05, 3.63) is 59.9 Å². The molecule has 0 saturated carbocycles. The molecule has 3 rings (SSSR count). The molecule has 0 aliphatic heterocycles. The summed E-state index contributed by atoms with van der Waals surface area (Å²) in [7, 11) is 0. The third-order valence-corrected chi connectivity index (χ3v) is 3.72. The highest BCUT2D eigenvalue weighted by Gasteiger charge is 2.20. The van der Waals surface area contributed by atoms with Gasteiger partial charge in [-0.15, -0.1) is 5.10 Å². The van der Waals surface area contributed by atoms with E-state index in [9.17, 15) is 10.2 Å². The summed E-state index contributed by atoms with van der Waals surface area (Å²) in [5.74, 6) is 1.11. The molecule has 0 saturated heterocycles. The zero-order chi connectivity index (χ0) is 18.0. The van der Waals surface area contributed by atoms with Gasteiger partial charge in [0.1, 0.15) is 0 Å². The Labute approximate surface area is 146 Å². The normalized spacial score (nSPS) is 12.0. The van der Waals surface area contributed by atoms with Crippen LogP contribution < -0.4 is 0 Å². The number of hydrogen-bond acceptors (Lipinski definition) is 4. The van der Waals surface area contributed by atoms with E-state index < -0.39 is 0 Å². The summed E-state index contributed by atoms with van der Waals surface area (Å²) in [6.45, 7) is 6.21. The van der Waals surface area contributed by atoms with Gasteiger partial charge in [0, 0.05) is 5.56 Å². The lowest BCUT2D eigenvalue weighted by Gasteiger charge is -2.20. The van der Waals surface area contributed by atoms with E-state index in [2.05, 4.69) is 30.9 Å². The van der Waals surface area contributed by atoms with Crippen LogP contribution in [0.3, 0.4) is 0 Å². The molecule has 0 spiro atoms. The third-order valence-electron chi connectivity index (χ3n) is 3.72. The van der Waals surface area contributed by atoms with Gasteiger partial charge in [-0.1, -0.05) is 42.5 Å². The van der Waals surface area contributed by atoms with Crippen molar-refractivity contribution in [2.45, 2.75) is 26.3 Å². The first kappa shape index (κ1) is 16.8. The molecule has 0 aliphatic carbocycles. The van der Waals surface area contributed by atoms with E-state index in [0.717, 1.165) is 17.0 Å². The lowest BCUT2D eigenvalue weighted by molar-refractivity contribution is 0.352. The smallest absolute Gasteiger partial charge is 0.181 e. The number of aromatic hydroxyl groups is 2. The molecular formula is C20H21N3O2. The Morgan fingerprint density at radius 2 is 1.64 bits per heavy atom. The number of aromatic nitrogens is 3. The van der Waals surface area contributed by atoms with Gasteiger partial charge in [-0.25, -0.2) is 9.67 Å². The predicted molar refractivity (Wildman–Crippen MR) is 99.2 cm³/mol. The second-order valence-corrected chi connectivity index (χ2v) is 6.82. The van der Waals surface area contributed by atoms with E-state index in [1.54, 1.807) is 6.07 Å². The topological polar surface area (TPSA) is 71.2 Å². The number of rotatable bonds is 3. The molecular weight excluding hydrogens is 314 g/mol. The first-order chi connectivity index (χ1) is 11.8. The monoisotopic (exact) mass is 335 g/mol. The SMILES string of the molecule is CC(C)(C)n1nc(-c2ccccc2)nc1C=Cc1ccc(O)c(O)c1. The number of benzene rings is 2. The Kier molecular flexibility index (Phi) is 4.31. The van der Waals surface area contributed by atoms with Crippen LogP contribution >= 0.6 is 0 Å². The molecule has 2 aromatic carbocycles. The van der Waals surface area contributed by atoms with Gasteiger partial charge in [0.05, 0.1) is 5.54 Å². The van der Waals surface area contributed by atoms with E-state index in [1.807, 2.05) is 47.2 Å². The van der Waals surface area contributed by atoms with Crippen molar-refractivity contribution in [1.29, 1.82) is 0 Å². The van der Waals surface area contributed by atoms with Crippen LogP contribution in [0.15, 0.2) is 48.5 Å². The van der Waals surface area contributed by atoms with Crippen molar-refractivity contribution in [2.24, 2.45) is 0 Å². The molecule has 25 heavy (non-hydrogen) atoms. The van der Waals surface area contributed by atoms with E-state index in [1.165, 1.54) is 12.1 Å². The van der Waals surface area contributed by atoms with Gasteiger partial charge >= 0.3 is 0 Å². The largest absolute Gasteiger partial charge is 0.504 e. The molecule has 3 aromatic rings. The van der Waals surface area contributed by atoms with Crippen molar-refractivity contribution in [1.82, 2.24) is 14.8 Å². The molecule has 0 amide bonds. The van der Waals surface area contributed by atoms with Crippen LogP contribution in [0.5, 0.6) is 11.5 Å². The molecule has 128 valence electrons. The lowest BCUT2D eigenvalue weighted by atomic mass is 10.1. The van der Waals surface area contributed by atoms with Crippen LogP contribution in [-0.4, -0.2) is 25.0 Å². The fourth-order valence-electron chi connectivity index (χ4n) is 2.45. The van der Waals surface area contributed by atoms with Crippen molar-refractivity contribution < 1.29 is 10.2 Å². The maximum atomic E-state index is 9.62. The van der Waals surface area contributed by atoms with E-state index >= 15 is 0 Å².